The van der Waals surface area contributed by atoms with Crippen molar-refractivity contribution in [3.05, 3.63) is 138 Å². The predicted molar refractivity (Wildman–Crippen MR) is 220 cm³/mol. The molecule has 0 aromatic heterocycles. The van der Waals surface area contributed by atoms with E-state index in [1.54, 1.807) is 6.92 Å². The van der Waals surface area contributed by atoms with Crippen LogP contribution in [0.2, 0.25) is 0 Å². The Balaban J connectivity index is 1.34. The Morgan fingerprint density at radius 3 is 1.75 bits per heavy atom. The lowest BCUT2D eigenvalue weighted by molar-refractivity contribution is -0.313. The Bertz CT molecular complexity index is 1750. The van der Waals surface area contributed by atoms with Gasteiger partial charge in [0.2, 0.25) is 12.2 Å². The van der Waals surface area contributed by atoms with E-state index in [9.17, 15) is 4.79 Å². The van der Waals surface area contributed by atoms with Gasteiger partial charge in [0.25, 0.3) is 3.79 Å². The summed E-state index contributed by atoms with van der Waals surface area (Å²) >= 11 is 18.3. The summed E-state index contributed by atoms with van der Waals surface area (Å²) in [5.74, 6) is -0.100. The van der Waals surface area contributed by atoms with Crippen LogP contribution in [-0.4, -0.2) is 66.2 Å². The molecule has 13 heteroatoms. The van der Waals surface area contributed by atoms with Crippen LogP contribution in [0, 0.1) is 5.41 Å². The fourth-order valence-electron chi connectivity index (χ4n) is 6.10. The van der Waals surface area contributed by atoms with Crippen molar-refractivity contribution >= 4 is 46.7 Å². The zero-order valence-corrected chi connectivity index (χ0v) is 34.2. The summed E-state index contributed by atoms with van der Waals surface area (Å²) in [6.07, 6.45) is -1.63. The monoisotopic (exact) mass is 841 g/mol. The molecular weight excluding hydrogens is 793 g/mol. The lowest BCUT2D eigenvalue weighted by atomic mass is 9.97. The molecule has 0 radical (unpaired) electrons. The molecule has 1 aliphatic rings. The topological polar surface area (TPSA) is 115 Å². The van der Waals surface area contributed by atoms with Crippen LogP contribution in [0.15, 0.2) is 115 Å². The predicted octanol–water partition coefficient (Wildman–Crippen LogP) is 9.55. The third kappa shape index (κ3) is 15.2. The number of halogens is 3. The largest absolute Gasteiger partial charge is 0.494 e. The lowest BCUT2D eigenvalue weighted by Crippen LogP contribution is -2.62. The summed E-state index contributed by atoms with van der Waals surface area (Å²) in [4.78, 5) is 11.6. The number of alkyl halides is 3. The SMILES string of the molecule is CCOC(=O)CCCCCOc1ccc(CO[C@@H]2C(OC(=N)C(Cl)(Cl)Cl)O[C@H](COCc3ccccc3)[C@@H](OCc3ccccc3)[C@@H]2OCc2ccccc2)cc1. The van der Waals surface area contributed by atoms with Crippen LogP contribution in [0.4, 0.5) is 0 Å². The fraction of sp³-hybridized carbons (Fsp3) is 0.409. The highest BCUT2D eigenvalue weighted by molar-refractivity contribution is 6.76. The summed E-state index contributed by atoms with van der Waals surface area (Å²) in [7, 11) is 0. The first kappa shape index (κ1) is 44.4. The maximum atomic E-state index is 11.6. The van der Waals surface area contributed by atoms with Gasteiger partial charge in [0, 0.05) is 6.42 Å². The van der Waals surface area contributed by atoms with Crippen LogP contribution in [0.5, 0.6) is 5.75 Å². The van der Waals surface area contributed by atoms with Crippen molar-refractivity contribution in [1.82, 2.24) is 0 Å². The van der Waals surface area contributed by atoms with Crippen molar-refractivity contribution in [1.29, 1.82) is 5.41 Å². The maximum Gasteiger partial charge on any atom is 0.305 e. The summed E-state index contributed by atoms with van der Waals surface area (Å²) in [5, 5.41) is 8.49. The van der Waals surface area contributed by atoms with E-state index in [-0.39, 0.29) is 32.4 Å². The van der Waals surface area contributed by atoms with Gasteiger partial charge in [-0.3, -0.25) is 10.2 Å². The number of esters is 1. The molecule has 0 amide bonds. The zero-order valence-electron chi connectivity index (χ0n) is 31.9. The Hall–Kier alpha value is -3.71. The second kappa shape index (κ2) is 23.6. The van der Waals surface area contributed by atoms with Crippen molar-refractivity contribution in [2.45, 2.75) is 93.5 Å². The van der Waals surface area contributed by atoms with Crippen LogP contribution < -0.4 is 4.74 Å². The number of carbonyl (C=O) groups excluding carboxylic acids is 1. The molecule has 0 spiro atoms. The van der Waals surface area contributed by atoms with Gasteiger partial charge in [0.1, 0.15) is 30.2 Å². The van der Waals surface area contributed by atoms with Crippen LogP contribution in [0.1, 0.15) is 54.9 Å². The second-order valence-electron chi connectivity index (χ2n) is 13.4. The number of carbonyl (C=O) groups is 1. The Kier molecular flexibility index (Phi) is 18.4. The molecule has 1 saturated heterocycles. The molecule has 1 aliphatic heterocycles. The average Bonchev–Trinajstić information content (AvgIpc) is 3.22. The molecule has 0 bridgehead atoms. The molecule has 0 saturated carbocycles. The Morgan fingerprint density at radius 2 is 1.19 bits per heavy atom. The van der Waals surface area contributed by atoms with Crippen molar-refractivity contribution in [2.24, 2.45) is 0 Å². The molecule has 5 rings (SSSR count). The third-order valence-electron chi connectivity index (χ3n) is 9.01. The van der Waals surface area contributed by atoms with Crippen LogP contribution in [0.3, 0.4) is 0 Å². The van der Waals surface area contributed by atoms with Gasteiger partial charge in [-0.15, -0.1) is 0 Å². The number of unbranched alkanes of at least 4 members (excludes halogenated alkanes) is 2. The van der Waals surface area contributed by atoms with Crippen molar-refractivity contribution in [3.8, 4) is 5.75 Å². The molecule has 0 aliphatic carbocycles. The summed E-state index contributed by atoms with van der Waals surface area (Å²) in [6.45, 7) is 3.73. The Morgan fingerprint density at radius 1 is 0.667 bits per heavy atom. The quantitative estimate of drug-likeness (QED) is 0.0272. The van der Waals surface area contributed by atoms with Gasteiger partial charge in [-0.1, -0.05) is 138 Å². The van der Waals surface area contributed by atoms with E-state index in [1.165, 1.54) is 0 Å². The van der Waals surface area contributed by atoms with E-state index >= 15 is 0 Å². The number of ether oxygens (including phenoxy) is 8. The Labute approximate surface area is 350 Å². The number of benzene rings is 4. The van der Waals surface area contributed by atoms with Gasteiger partial charge in [0.05, 0.1) is 46.2 Å². The van der Waals surface area contributed by atoms with Crippen molar-refractivity contribution in [3.63, 3.8) is 0 Å². The minimum Gasteiger partial charge on any atom is -0.494 e. The van der Waals surface area contributed by atoms with Gasteiger partial charge < -0.3 is 37.9 Å². The van der Waals surface area contributed by atoms with Crippen LogP contribution in [0.25, 0.3) is 0 Å². The van der Waals surface area contributed by atoms with E-state index in [1.807, 2.05) is 115 Å². The van der Waals surface area contributed by atoms with E-state index in [0.29, 0.717) is 32.0 Å². The van der Waals surface area contributed by atoms with Gasteiger partial charge in [-0.2, -0.15) is 0 Å². The molecule has 5 atom stereocenters. The maximum absolute atomic E-state index is 11.6. The highest BCUT2D eigenvalue weighted by Crippen LogP contribution is 2.35. The lowest BCUT2D eigenvalue weighted by Gasteiger charge is -2.46. The molecule has 57 heavy (non-hydrogen) atoms. The molecule has 1 heterocycles. The van der Waals surface area contributed by atoms with Crippen molar-refractivity contribution < 1.29 is 42.7 Å². The summed E-state index contributed by atoms with van der Waals surface area (Å²) in [5.41, 5.74) is 3.71. The number of hydrogen-bond donors (Lipinski definition) is 1. The number of nitrogens with one attached hydrogen (secondary N) is 1. The minimum atomic E-state index is -2.16. The molecule has 1 fully saturated rings. The molecule has 4 aromatic carbocycles. The van der Waals surface area contributed by atoms with E-state index in [2.05, 4.69) is 0 Å². The van der Waals surface area contributed by atoms with Crippen LogP contribution in [-0.2, 0) is 64.4 Å². The first-order valence-corrected chi connectivity index (χ1v) is 20.2. The summed E-state index contributed by atoms with van der Waals surface area (Å²) in [6, 6.07) is 36.9. The molecular formula is C44H50Cl3NO9. The van der Waals surface area contributed by atoms with Gasteiger partial charge in [-0.05, 0) is 60.6 Å². The molecule has 4 aromatic rings. The van der Waals surface area contributed by atoms with Crippen molar-refractivity contribution in [2.75, 3.05) is 19.8 Å². The van der Waals surface area contributed by atoms with E-state index < -0.39 is 40.4 Å². The molecule has 1 unspecified atom stereocenters. The first-order valence-electron chi connectivity index (χ1n) is 19.1. The minimum absolute atomic E-state index is 0.0973. The number of rotatable bonds is 22. The highest BCUT2D eigenvalue weighted by Gasteiger charge is 2.51. The third-order valence-corrected chi connectivity index (χ3v) is 9.53. The van der Waals surface area contributed by atoms with Gasteiger partial charge in [-0.25, -0.2) is 0 Å². The molecule has 1 N–H and O–H groups in total. The van der Waals surface area contributed by atoms with E-state index in [4.69, 9.17) is 78.1 Å². The molecule has 306 valence electrons. The second-order valence-corrected chi connectivity index (χ2v) is 15.7. The smallest absolute Gasteiger partial charge is 0.305 e. The average molecular weight is 843 g/mol. The number of hydrogen-bond acceptors (Lipinski definition) is 10. The summed E-state index contributed by atoms with van der Waals surface area (Å²) < 4.78 is 47.4. The van der Waals surface area contributed by atoms with Gasteiger partial charge >= 0.3 is 5.97 Å². The van der Waals surface area contributed by atoms with E-state index in [0.717, 1.165) is 41.5 Å². The van der Waals surface area contributed by atoms with Gasteiger partial charge in [0.15, 0.2) is 0 Å². The molecule has 10 nitrogen and oxygen atoms in total. The fourth-order valence-corrected chi connectivity index (χ4v) is 6.24. The normalized spacial score (nSPS) is 19.5. The highest BCUT2D eigenvalue weighted by atomic mass is 35.6. The van der Waals surface area contributed by atoms with Crippen LogP contribution >= 0.6 is 34.8 Å². The first-order chi connectivity index (χ1) is 27.7. The standard InChI is InChI=1S/C44H50Cl3NO9/c1-2-51-38(49)21-13-6-14-26-52-36-24-22-35(23-25-36)30-55-41-40(54-29-34-19-11-5-12-20-34)39(53-28-33-17-9-4-10-18-33)37(31-50-27-32-15-7-3-8-16-32)56-42(41)57-43(48)44(45,46)47/h3-5,7-12,15-20,22-25,37,39-42,48H,2,6,13-14,21,26-31H2,1H3/t37-,39-,40+,41+,42?/m1/s1. The zero-order chi connectivity index (χ0) is 40.3.